The number of carbonyl (C=O) groups excluding carboxylic acids is 2. The van der Waals surface area contributed by atoms with Crippen molar-refractivity contribution in [3.63, 3.8) is 0 Å². The van der Waals surface area contributed by atoms with Crippen LogP contribution in [0.25, 0.3) is 0 Å². The lowest BCUT2D eigenvalue weighted by Crippen LogP contribution is -2.51. The summed E-state index contributed by atoms with van der Waals surface area (Å²) in [7, 11) is 0. The van der Waals surface area contributed by atoms with Gasteiger partial charge in [0.05, 0.1) is 11.6 Å². The molecule has 204 valence electrons. The predicted octanol–water partition coefficient (Wildman–Crippen LogP) is 7.35. The molecule has 1 amide bonds. The summed E-state index contributed by atoms with van der Waals surface area (Å²) in [5.74, 6) is -1.44. The maximum absolute atomic E-state index is 15.8. The molecular formula is C31H31Cl2FN2O3. The summed E-state index contributed by atoms with van der Waals surface area (Å²) in [6, 6.07) is 17.6. The third kappa shape index (κ3) is 4.24. The second-order valence-electron chi connectivity index (χ2n) is 10.2. The van der Waals surface area contributed by atoms with E-state index in [2.05, 4.69) is 10.2 Å². The molecule has 4 atom stereocenters. The normalized spacial score (nSPS) is 25.7. The SMILES string of the molecule is C.CCOc1cccc(CN2[C@H]3CCCC(=O)[C@H]3[C@H](c3cccc(Cl)c3F)[C@]23C(=O)Nc2cc(Cl)ccc23)c1. The second kappa shape index (κ2) is 10.6. The molecule has 5 nitrogen and oxygen atoms in total. The van der Waals surface area contributed by atoms with Crippen molar-refractivity contribution in [1.29, 1.82) is 0 Å². The standard InChI is InChI=1S/C30H27Cl2FN2O3.CH4/c1-2-38-19-7-3-6-17(14-19)16-35-24-10-5-11-25(36)26(24)27(20-8-4-9-22(32)28(20)33)30(35)21-13-12-18(31)15-23(21)34-29(30)37;/h3-4,6-9,12-15,24,26-27H,2,5,10-11,16H2,1H3,(H,34,37);1H4/t24-,26-,27-,30+;/m0./s1. The van der Waals surface area contributed by atoms with E-state index in [9.17, 15) is 9.59 Å². The van der Waals surface area contributed by atoms with Gasteiger partial charge >= 0.3 is 0 Å². The minimum atomic E-state index is -1.33. The number of amides is 1. The molecule has 1 aliphatic carbocycles. The van der Waals surface area contributed by atoms with Gasteiger partial charge in [0.15, 0.2) is 0 Å². The van der Waals surface area contributed by atoms with Gasteiger partial charge in [0.2, 0.25) is 5.91 Å². The van der Waals surface area contributed by atoms with E-state index in [1.54, 1.807) is 24.3 Å². The molecule has 3 aliphatic rings. The number of carbonyl (C=O) groups is 2. The molecule has 3 aromatic rings. The largest absolute Gasteiger partial charge is 0.494 e. The Hall–Kier alpha value is -2.93. The number of halogens is 3. The summed E-state index contributed by atoms with van der Waals surface area (Å²) in [6.45, 7) is 2.84. The quantitative estimate of drug-likeness (QED) is 0.349. The molecule has 0 aromatic heterocycles. The highest BCUT2D eigenvalue weighted by atomic mass is 35.5. The molecule has 2 aliphatic heterocycles. The minimum Gasteiger partial charge on any atom is -0.494 e. The number of Topliss-reactive ketones (excluding diaryl/α,β-unsaturated/α-hetero) is 1. The smallest absolute Gasteiger partial charge is 0.250 e. The van der Waals surface area contributed by atoms with Crippen molar-refractivity contribution < 1.29 is 18.7 Å². The third-order valence-electron chi connectivity index (χ3n) is 8.24. The van der Waals surface area contributed by atoms with Gasteiger partial charge in [-0.05, 0) is 61.2 Å². The highest BCUT2D eigenvalue weighted by Gasteiger charge is 2.68. The van der Waals surface area contributed by atoms with E-state index in [0.29, 0.717) is 42.3 Å². The molecule has 0 bridgehead atoms. The van der Waals surface area contributed by atoms with Crippen LogP contribution in [0.15, 0.2) is 60.7 Å². The van der Waals surface area contributed by atoms with Crippen molar-refractivity contribution in [1.82, 2.24) is 4.90 Å². The molecule has 0 radical (unpaired) electrons. The fourth-order valence-corrected chi connectivity index (χ4v) is 7.26. The van der Waals surface area contributed by atoms with Crippen LogP contribution in [0.1, 0.15) is 56.2 Å². The van der Waals surface area contributed by atoms with E-state index in [4.69, 9.17) is 27.9 Å². The Labute approximate surface area is 238 Å². The van der Waals surface area contributed by atoms with Crippen molar-refractivity contribution in [2.45, 2.75) is 57.7 Å². The van der Waals surface area contributed by atoms with Crippen molar-refractivity contribution in [2.24, 2.45) is 5.92 Å². The summed E-state index contributed by atoms with van der Waals surface area (Å²) in [6.07, 6.45) is 1.84. The maximum Gasteiger partial charge on any atom is 0.250 e. The molecule has 39 heavy (non-hydrogen) atoms. The van der Waals surface area contributed by atoms with Gasteiger partial charge in [-0.2, -0.15) is 0 Å². The zero-order valence-electron chi connectivity index (χ0n) is 20.8. The van der Waals surface area contributed by atoms with Gasteiger partial charge in [-0.3, -0.25) is 14.5 Å². The minimum absolute atomic E-state index is 0. The second-order valence-corrected chi connectivity index (χ2v) is 11.0. The first-order valence-corrected chi connectivity index (χ1v) is 13.7. The molecule has 0 unspecified atom stereocenters. The van der Waals surface area contributed by atoms with E-state index in [0.717, 1.165) is 17.7 Å². The van der Waals surface area contributed by atoms with Gasteiger partial charge < -0.3 is 10.1 Å². The monoisotopic (exact) mass is 568 g/mol. The van der Waals surface area contributed by atoms with Gasteiger partial charge in [-0.1, -0.05) is 61.0 Å². The highest BCUT2D eigenvalue weighted by Crippen LogP contribution is 2.62. The van der Waals surface area contributed by atoms with Crippen LogP contribution in [0.5, 0.6) is 5.75 Å². The zero-order chi connectivity index (χ0) is 26.6. The average Bonchev–Trinajstić information content (AvgIpc) is 3.34. The molecule has 2 heterocycles. The Bertz CT molecular complexity index is 1450. The molecule has 1 saturated carbocycles. The molecule has 2 fully saturated rings. The molecule has 1 saturated heterocycles. The summed E-state index contributed by atoms with van der Waals surface area (Å²) >= 11 is 12.6. The van der Waals surface area contributed by atoms with Crippen LogP contribution < -0.4 is 10.1 Å². The van der Waals surface area contributed by atoms with Crippen LogP contribution >= 0.6 is 23.2 Å². The average molecular weight is 570 g/mol. The Kier molecular flexibility index (Phi) is 7.49. The Morgan fingerprint density at radius 2 is 1.90 bits per heavy atom. The van der Waals surface area contributed by atoms with Crippen LogP contribution in [-0.4, -0.2) is 29.2 Å². The predicted molar refractivity (Wildman–Crippen MR) is 152 cm³/mol. The molecular weight excluding hydrogens is 538 g/mol. The number of ketones is 1. The van der Waals surface area contributed by atoms with E-state index < -0.39 is 23.2 Å². The summed E-state index contributed by atoms with van der Waals surface area (Å²) in [4.78, 5) is 30.1. The van der Waals surface area contributed by atoms with Crippen LogP contribution in [0.4, 0.5) is 10.1 Å². The van der Waals surface area contributed by atoms with Crippen LogP contribution in [0.2, 0.25) is 10.0 Å². The van der Waals surface area contributed by atoms with Crippen LogP contribution in [-0.2, 0) is 21.7 Å². The number of nitrogens with one attached hydrogen (secondary N) is 1. The van der Waals surface area contributed by atoms with Gasteiger partial charge in [-0.25, -0.2) is 4.39 Å². The number of benzene rings is 3. The number of hydrogen-bond donors (Lipinski definition) is 1. The first-order chi connectivity index (χ1) is 18.4. The molecule has 3 aromatic carbocycles. The number of rotatable bonds is 5. The molecule has 6 rings (SSSR count). The van der Waals surface area contributed by atoms with Gasteiger partial charge in [0.1, 0.15) is 22.9 Å². The first kappa shape index (κ1) is 27.6. The van der Waals surface area contributed by atoms with E-state index >= 15 is 4.39 Å². The highest BCUT2D eigenvalue weighted by molar-refractivity contribution is 6.31. The number of hydrogen-bond acceptors (Lipinski definition) is 4. The fraction of sp³-hybridized carbons (Fsp3) is 0.355. The lowest BCUT2D eigenvalue weighted by molar-refractivity contribution is -0.128. The fourth-order valence-electron chi connectivity index (χ4n) is 6.91. The van der Waals surface area contributed by atoms with E-state index in [1.807, 2.05) is 37.3 Å². The number of likely N-dealkylation sites (tertiary alicyclic amines) is 1. The Morgan fingerprint density at radius 1 is 1.10 bits per heavy atom. The first-order valence-electron chi connectivity index (χ1n) is 12.9. The van der Waals surface area contributed by atoms with Crippen molar-refractivity contribution in [2.75, 3.05) is 11.9 Å². The summed E-state index contributed by atoms with van der Waals surface area (Å²) < 4.78 is 21.5. The van der Waals surface area contributed by atoms with Crippen molar-refractivity contribution in [3.05, 3.63) is 93.2 Å². The van der Waals surface area contributed by atoms with Crippen LogP contribution in [0.3, 0.4) is 0 Å². The maximum atomic E-state index is 15.8. The number of anilines is 1. The van der Waals surface area contributed by atoms with Crippen LogP contribution in [0, 0.1) is 11.7 Å². The topological polar surface area (TPSA) is 58.6 Å². The number of nitrogens with zero attached hydrogens (tertiary/aromatic N) is 1. The van der Waals surface area contributed by atoms with Gasteiger partial charge in [-0.15, -0.1) is 0 Å². The molecule has 1 N–H and O–H groups in total. The van der Waals surface area contributed by atoms with Gasteiger partial charge in [0.25, 0.3) is 0 Å². The molecule has 8 heteroatoms. The Balaban J connectivity index is 0.00000308. The van der Waals surface area contributed by atoms with E-state index in [1.165, 1.54) is 6.07 Å². The van der Waals surface area contributed by atoms with Gasteiger partial charge in [0, 0.05) is 47.1 Å². The third-order valence-corrected chi connectivity index (χ3v) is 8.76. The zero-order valence-corrected chi connectivity index (χ0v) is 22.4. The number of ether oxygens (including phenoxy) is 1. The van der Waals surface area contributed by atoms with Crippen molar-refractivity contribution >= 4 is 40.6 Å². The van der Waals surface area contributed by atoms with Crippen molar-refractivity contribution in [3.8, 4) is 5.75 Å². The Morgan fingerprint density at radius 3 is 2.69 bits per heavy atom. The summed E-state index contributed by atoms with van der Waals surface area (Å²) in [5, 5.41) is 3.47. The lowest BCUT2D eigenvalue weighted by Gasteiger charge is -2.40. The summed E-state index contributed by atoms with van der Waals surface area (Å²) in [5.41, 5.74) is 1.16. The lowest BCUT2D eigenvalue weighted by atomic mass is 9.68. The molecule has 1 spiro atoms. The van der Waals surface area contributed by atoms with E-state index in [-0.39, 0.29) is 35.7 Å². The number of fused-ring (bicyclic) bond motifs is 3.